The quantitative estimate of drug-likeness (QED) is 0.0965. The summed E-state index contributed by atoms with van der Waals surface area (Å²) in [6, 6.07) is 34.5. The van der Waals surface area contributed by atoms with Crippen LogP contribution in [0.3, 0.4) is 0 Å². The molecule has 260 valence electrons. The first kappa shape index (κ1) is 35.0. The molecule has 4 aromatic carbocycles. The summed E-state index contributed by atoms with van der Waals surface area (Å²) in [5.41, 5.74) is 5.11. The zero-order valence-corrected chi connectivity index (χ0v) is 29.0. The summed E-state index contributed by atoms with van der Waals surface area (Å²) < 4.78 is 11.2. The molecule has 2 amide bonds. The van der Waals surface area contributed by atoms with Gasteiger partial charge in [-0.05, 0) is 34.4 Å². The van der Waals surface area contributed by atoms with Crippen LogP contribution in [-0.2, 0) is 54.6 Å². The Balaban J connectivity index is 1.31. The van der Waals surface area contributed by atoms with Crippen LogP contribution >= 0.6 is 11.8 Å². The minimum atomic E-state index is -1.09. The lowest BCUT2D eigenvalue weighted by atomic mass is 10.1. The number of carbonyl (C=O) groups excluding carboxylic acids is 4. The molecule has 0 saturated carbocycles. The molecule has 51 heavy (non-hydrogen) atoms. The number of para-hydroxylation sites is 2. The maximum absolute atomic E-state index is 13.5. The molecule has 0 aliphatic rings. The van der Waals surface area contributed by atoms with E-state index in [4.69, 9.17) is 9.47 Å². The van der Waals surface area contributed by atoms with Crippen molar-refractivity contribution in [3.8, 4) is 0 Å². The largest absolute Gasteiger partial charge is 0.452 e. The van der Waals surface area contributed by atoms with Gasteiger partial charge in [-0.2, -0.15) is 0 Å². The van der Waals surface area contributed by atoms with Crippen LogP contribution in [0, 0.1) is 0 Å². The maximum atomic E-state index is 13.5. The van der Waals surface area contributed by atoms with Gasteiger partial charge in [0, 0.05) is 61.6 Å². The second-order valence-electron chi connectivity index (χ2n) is 12.1. The molecule has 2 unspecified atom stereocenters. The van der Waals surface area contributed by atoms with Crippen LogP contribution in [0.5, 0.6) is 0 Å². The zero-order valence-electron chi connectivity index (χ0n) is 28.2. The van der Waals surface area contributed by atoms with Crippen LogP contribution in [0.1, 0.15) is 36.1 Å². The third-order valence-corrected chi connectivity index (χ3v) is 9.46. The average Bonchev–Trinajstić information content (AvgIpc) is 3.66. The number of hydrogen-bond donors (Lipinski definition) is 4. The lowest BCUT2D eigenvalue weighted by Crippen LogP contribution is -2.38. The Kier molecular flexibility index (Phi) is 11.2. The highest BCUT2D eigenvalue weighted by Gasteiger charge is 2.29. The second kappa shape index (κ2) is 16.3. The van der Waals surface area contributed by atoms with Crippen molar-refractivity contribution < 1.29 is 28.7 Å². The standard InChI is InChI=1S/C40H38N4O6S/c1-25(45)49-35(37(47)41-23-27-13-5-3-6-14-27)21-31-29-17-9-11-19-33(29)43-39(31)51-40-32(30-18-10-12-20-34(30)44-40)22-36(50-26(2)46)38(48)42-24-28-15-7-4-8-16-28/h3-20,35-36,43-44H,21-24H2,1-2H3,(H,41,47)(H,42,48). The van der Waals surface area contributed by atoms with Crippen molar-refractivity contribution in [3.05, 3.63) is 131 Å². The lowest BCUT2D eigenvalue weighted by Gasteiger charge is -2.18. The van der Waals surface area contributed by atoms with Gasteiger partial charge in [-0.25, -0.2) is 0 Å². The second-order valence-corrected chi connectivity index (χ2v) is 13.1. The zero-order chi connectivity index (χ0) is 35.7. The fourth-order valence-corrected chi connectivity index (χ4v) is 7.14. The number of carbonyl (C=O) groups is 4. The van der Waals surface area contributed by atoms with Crippen molar-refractivity contribution in [1.29, 1.82) is 0 Å². The molecule has 0 bridgehead atoms. The van der Waals surface area contributed by atoms with Crippen LogP contribution in [0.15, 0.2) is 119 Å². The topological polar surface area (TPSA) is 142 Å². The van der Waals surface area contributed by atoms with Gasteiger partial charge in [-0.3, -0.25) is 19.2 Å². The van der Waals surface area contributed by atoms with E-state index < -0.39 is 36.0 Å². The number of hydrogen-bond acceptors (Lipinski definition) is 7. The Bertz CT molecular complexity index is 2010. The van der Waals surface area contributed by atoms with Crippen LogP contribution in [0.4, 0.5) is 0 Å². The number of fused-ring (bicyclic) bond motifs is 2. The molecule has 0 radical (unpaired) electrons. The third kappa shape index (κ3) is 8.87. The summed E-state index contributed by atoms with van der Waals surface area (Å²) in [6.45, 7) is 3.14. The number of esters is 2. The van der Waals surface area contributed by atoms with Crippen molar-refractivity contribution in [2.24, 2.45) is 0 Å². The van der Waals surface area contributed by atoms with E-state index in [0.717, 1.165) is 54.1 Å². The normalized spacial score (nSPS) is 12.3. The molecular weight excluding hydrogens is 665 g/mol. The highest BCUT2D eigenvalue weighted by atomic mass is 32.2. The van der Waals surface area contributed by atoms with Gasteiger partial charge in [-0.15, -0.1) is 0 Å². The Hall–Kier alpha value is -5.81. The average molecular weight is 703 g/mol. The molecule has 0 aliphatic carbocycles. The third-order valence-electron chi connectivity index (χ3n) is 8.35. The first-order chi connectivity index (χ1) is 24.7. The van der Waals surface area contributed by atoms with E-state index in [-0.39, 0.29) is 25.9 Å². The van der Waals surface area contributed by atoms with Gasteiger partial charge in [0.1, 0.15) is 0 Å². The molecule has 6 aromatic rings. The van der Waals surface area contributed by atoms with Crippen molar-refractivity contribution >= 4 is 57.3 Å². The highest BCUT2D eigenvalue weighted by molar-refractivity contribution is 7.99. The Morgan fingerprint density at radius 2 is 0.941 bits per heavy atom. The van der Waals surface area contributed by atoms with E-state index >= 15 is 0 Å². The Morgan fingerprint density at radius 1 is 0.569 bits per heavy atom. The Labute approximate surface area is 299 Å². The summed E-state index contributed by atoms with van der Waals surface area (Å²) in [5, 5.41) is 9.04. The van der Waals surface area contributed by atoms with E-state index in [9.17, 15) is 19.2 Å². The molecule has 0 fully saturated rings. The summed E-state index contributed by atoms with van der Waals surface area (Å²) >= 11 is 1.40. The van der Waals surface area contributed by atoms with E-state index in [1.807, 2.05) is 109 Å². The number of aromatic amines is 2. The van der Waals surface area contributed by atoms with E-state index in [1.165, 1.54) is 25.6 Å². The van der Waals surface area contributed by atoms with Gasteiger partial charge in [-0.1, -0.05) is 109 Å². The number of benzene rings is 4. The van der Waals surface area contributed by atoms with Crippen molar-refractivity contribution in [3.63, 3.8) is 0 Å². The molecule has 11 heteroatoms. The van der Waals surface area contributed by atoms with Gasteiger partial charge < -0.3 is 30.1 Å². The minimum Gasteiger partial charge on any atom is -0.452 e. The van der Waals surface area contributed by atoms with Gasteiger partial charge >= 0.3 is 11.9 Å². The maximum Gasteiger partial charge on any atom is 0.303 e. The molecular formula is C40H38N4O6S. The number of H-pyrrole nitrogens is 2. The summed E-state index contributed by atoms with van der Waals surface area (Å²) in [6.07, 6.45) is -1.96. The predicted octanol–water partition coefficient (Wildman–Crippen LogP) is 6.38. The van der Waals surface area contributed by atoms with Crippen LogP contribution in [0.25, 0.3) is 21.8 Å². The molecule has 0 saturated heterocycles. The molecule has 6 rings (SSSR count). The first-order valence-electron chi connectivity index (χ1n) is 16.6. The fourth-order valence-electron chi connectivity index (χ4n) is 5.98. The molecule has 0 aliphatic heterocycles. The van der Waals surface area contributed by atoms with E-state index in [2.05, 4.69) is 20.6 Å². The monoisotopic (exact) mass is 702 g/mol. The number of ether oxygens (including phenoxy) is 2. The Morgan fingerprint density at radius 3 is 1.33 bits per heavy atom. The minimum absolute atomic E-state index is 0.111. The lowest BCUT2D eigenvalue weighted by molar-refractivity contribution is -0.154. The van der Waals surface area contributed by atoms with Crippen LogP contribution in [0.2, 0.25) is 0 Å². The smallest absolute Gasteiger partial charge is 0.303 e. The predicted molar refractivity (Wildman–Crippen MR) is 196 cm³/mol. The molecule has 4 N–H and O–H groups in total. The SMILES string of the molecule is CC(=O)OC(Cc1c(Sc2[nH]c3ccccc3c2CC(OC(C)=O)C(=O)NCc2ccccc2)[nH]c2ccccc12)C(=O)NCc1ccccc1. The summed E-state index contributed by atoms with van der Waals surface area (Å²) in [5.74, 6) is -1.95. The van der Waals surface area contributed by atoms with Crippen molar-refractivity contribution in [2.45, 2.75) is 62.0 Å². The molecule has 10 nitrogen and oxygen atoms in total. The molecule has 2 heterocycles. The van der Waals surface area contributed by atoms with Gasteiger partial charge in [0.2, 0.25) is 0 Å². The van der Waals surface area contributed by atoms with E-state index in [0.29, 0.717) is 0 Å². The molecule has 2 atom stereocenters. The van der Waals surface area contributed by atoms with Gasteiger partial charge in [0.05, 0.1) is 10.1 Å². The molecule has 0 spiro atoms. The first-order valence-corrected chi connectivity index (χ1v) is 17.4. The summed E-state index contributed by atoms with van der Waals surface area (Å²) in [4.78, 5) is 58.4. The van der Waals surface area contributed by atoms with Crippen molar-refractivity contribution in [1.82, 2.24) is 20.6 Å². The number of amides is 2. The number of rotatable bonds is 14. The fraction of sp³-hybridized carbons (Fsp3) is 0.200. The highest BCUT2D eigenvalue weighted by Crippen LogP contribution is 2.39. The summed E-state index contributed by atoms with van der Waals surface area (Å²) in [7, 11) is 0. The number of aromatic nitrogens is 2. The molecule has 2 aromatic heterocycles. The van der Waals surface area contributed by atoms with Crippen LogP contribution < -0.4 is 10.6 Å². The van der Waals surface area contributed by atoms with E-state index in [1.54, 1.807) is 0 Å². The van der Waals surface area contributed by atoms with Crippen LogP contribution in [-0.4, -0.2) is 45.9 Å². The van der Waals surface area contributed by atoms with Gasteiger partial charge in [0.25, 0.3) is 11.8 Å². The van der Waals surface area contributed by atoms with Crippen molar-refractivity contribution in [2.75, 3.05) is 0 Å². The van der Waals surface area contributed by atoms with Gasteiger partial charge in [0.15, 0.2) is 12.2 Å². The number of nitrogens with one attached hydrogen (secondary N) is 4.